The van der Waals surface area contributed by atoms with Gasteiger partial charge in [-0.05, 0) is 55.6 Å². The number of likely N-dealkylation sites (N-methyl/N-ethyl adjacent to an activating group) is 1. The van der Waals surface area contributed by atoms with Gasteiger partial charge in [-0.15, -0.1) is 0 Å². The topological polar surface area (TPSA) is 108 Å². The first-order valence-electron chi connectivity index (χ1n) is 12.9. The molecule has 1 aliphatic rings. The summed E-state index contributed by atoms with van der Waals surface area (Å²) in [7, 11) is 3.60. The van der Waals surface area contributed by atoms with E-state index in [4.69, 9.17) is 4.74 Å². The van der Waals surface area contributed by atoms with Gasteiger partial charge >= 0.3 is 6.18 Å². The van der Waals surface area contributed by atoms with Crippen molar-refractivity contribution in [1.29, 1.82) is 0 Å². The van der Waals surface area contributed by atoms with Gasteiger partial charge in [0.1, 0.15) is 17.9 Å². The lowest BCUT2D eigenvalue weighted by Crippen LogP contribution is -2.44. The monoisotopic (exact) mass is 582 g/mol. The van der Waals surface area contributed by atoms with Crippen molar-refractivity contribution in [3.8, 4) is 23.0 Å². The van der Waals surface area contributed by atoms with Crippen molar-refractivity contribution in [2.75, 3.05) is 55.8 Å². The Balaban J connectivity index is 1.44. The second-order valence-electron chi connectivity index (χ2n) is 9.46. The molecular weight excluding hydrogens is 556 g/mol. The Hall–Kier alpha value is -4.85. The Morgan fingerprint density at radius 1 is 1.00 bits per heavy atom. The van der Waals surface area contributed by atoms with Crippen LogP contribution in [0.15, 0.2) is 61.1 Å². The molecule has 1 aliphatic heterocycles. The highest BCUT2D eigenvalue weighted by molar-refractivity contribution is 6.06. The fourth-order valence-corrected chi connectivity index (χ4v) is 4.37. The van der Waals surface area contributed by atoms with Crippen molar-refractivity contribution in [2.45, 2.75) is 6.18 Å². The second kappa shape index (κ2) is 11.9. The molecule has 0 bridgehead atoms. The first-order chi connectivity index (χ1) is 20.1. The van der Waals surface area contributed by atoms with Crippen molar-refractivity contribution in [3.63, 3.8) is 0 Å². The van der Waals surface area contributed by atoms with E-state index in [0.717, 1.165) is 24.3 Å². The number of hydrogen-bond donors (Lipinski definition) is 2. The lowest BCUT2D eigenvalue weighted by Gasteiger charge is -2.35. The van der Waals surface area contributed by atoms with Crippen LogP contribution in [0.3, 0.4) is 0 Å². The molecule has 0 spiro atoms. The number of ether oxygens (including phenoxy) is 1. The lowest BCUT2D eigenvalue weighted by atomic mass is 10.1. The van der Waals surface area contributed by atoms with Crippen LogP contribution in [0.4, 0.5) is 34.9 Å². The van der Waals surface area contributed by atoms with E-state index in [1.54, 1.807) is 19.2 Å². The van der Waals surface area contributed by atoms with Crippen molar-refractivity contribution in [2.24, 2.45) is 0 Å². The number of carbonyl (C=O) groups is 1. The summed E-state index contributed by atoms with van der Waals surface area (Å²) in [6.45, 7) is 2.48. The molecule has 3 heterocycles. The summed E-state index contributed by atoms with van der Waals surface area (Å²) in [5, 5.41) is 5.30. The third-order valence-electron chi connectivity index (χ3n) is 6.62. The van der Waals surface area contributed by atoms with Gasteiger partial charge in [0.2, 0.25) is 11.8 Å². The summed E-state index contributed by atoms with van der Waals surface area (Å²) >= 11 is 0. The van der Waals surface area contributed by atoms with Gasteiger partial charge in [-0.2, -0.15) is 18.2 Å². The van der Waals surface area contributed by atoms with E-state index in [9.17, 15) is 22.4 Å². The van der Waals surface area contributed by atoms with Crippen molar-refractivity contribution >= 4 is 23.2 Å². The Bertz CT molecular complexity index is 1590. The highest BCUT2D eigenvalue weighted by Gasteiger charge is 2.32. The number of aromatic nitrogens is 4. The molecule has 0 atom stereocenters. The van der Waals surface area contributed by atoms with Crippen LogP contribution in [0.2, 0.25) is 0 Å². The van der Waals surface area contributed by atoms with E-state index in [1.807, 2.05) is 11.9 Å². The third-order valence-corrected chi connectivity index (χ3v) is 6.62. The van der Waals surface area contributed by atoms with Crippen LogP contribution in [0.25, 0.3) is 11.4 Å². The number of nitrogens with one attached hydrogen (secondary N) is 2. The quantitative estimate of drug-likeness (QED) is 0.293. The number of halogens is 4. The number of carbonyl (C=O) groups excluding carboxylic acids is 1. The summed E-state index contributed by atoms with van der Waals surface area (Å²) in [5.41, 5.74) is -0.617. The summed E-state index contributed by atoms with van der Waals surface area (Å²) in [6, 6.07) is 9.96. The number of hydrogen-bond acceptors (Lipinski definition) is 9. The number of benzene rings is 2. The highest BCUT2D eigenvalue weighted by Crippen LogP contribution is 2.36. The standard InChI is InChI=1S/C28H26F4N8O2/c1-33-27-36-16-35-24(38-27)19-4-3-9-34-26(19)42-18-6-7-21(29)20(15-18)25(41)37-22-14-17(28(30,31)32)5-8-23(22)40-12-10-39(2)11-13-40/h3-9,14-16H,10-13H2,1-2H3,(H,37,41)(H,33,35,36,38). The Morgan fingerprint density at radius 2 is 1.79 bits per heavy atom. The molecule has 1 saturated heterocycles. The average Bonchev–Trinajstić information content (AvgIpc) is 2.98. The van der Waals surface area contributed by atoms with Gasteiger partial charge in [0, 0.05) is 39.4 Å². The molecule has 1 amide bonds. The number of piperazine rings is 1. The normalized spacial score (nSPS) is 14.0. The minimum Gasteiger partial charge on any atom is -0.438 e. The summed E-state index contributed by atoms with van der Waals surface area (Å²) in [4.78, 5) is 33.9. The van der Waals surface area contributed by atoms with Gasteiger partial charge in [0.15, 0.2) is 5.82 Å². The SMILES string of the molecule is CNc1ncnc(-c2cccnc2Oc2ccc(F)c(C(=O)Nc3cc(C(F)(F)F)ccc3N3CCN(C)CC3)c2)n1. The van der Waals surface area contributed by atoms with E-state index < -0.39 is 29.0 Å². The summed E-state index contributed by atoms with van der Waals surface area (Å²) in [6.07, 6.45) is -1.84. The number of alkyl halides is 3. The van der Waals surface area contributed by atoms with Gasteiger partial charge in [-0.3, -0.25) is 4.79 Å². The first kappa shape index (κ1) is 28.7. The van der Waals surface area contributed by atoms with E-state index in [-0.39, 0.29) is 23.1 Å². The predicted molar refractivity (Wildman–Crippen MR) is 148 cm³/mol. The van der Waals surface area contributed by atoms with Crippen LogP contribution < -0.4 is 20.3 Å². The van der Waals surface area contributed by atoms with Crippen LogP contribution in [-0.4, -0.2) is 71.0 Å². The number of amides is 1. The molecule has 42 heavy (non-hydrogen) atoms. The number of anilines is 3. The molecule has 10 nitrogen and oxygen atoms in total. The zero-order valence-corrected chi connectivity index (χ0v) is 22.6. The molecule has 0 radical (unpaired) electrons. The van der Waals surface area contributed by atoms with Crippen LogP contribution in [-0.2, 0) is 6.18 Å². The molecule has 2 aromatic heterocycles. The summed E-state index contributed by atoms with van der Waals surface area (Å²) < 4.78 is 61.4. The van der Waals surface area contributed by atoms with Gasteiger partial charge in [-0.1, -0.05) is 0 Å². The van der Waals surface area contributed by atoms with Crippen LogP contribution in [0.5, 0.6) is 11.6 Å². The molecule has 1 fully saturated rings. The molecule has 4 aromatic rings. The molecule has 218 valence electrons. The molecule has 0 unspecified atom stereocenters. The third kappa shape index (κ3) is 6.38. The number of pyridine rings is 1. The van der Waals surface area contributed by atoms with Crippen molar-refractivity contribution in [3.05, 3.63) is 78.0 Å². The molecule has 2 aromatic carbocycles. The number of rotatable bonds is 7. The molecule has 5 rings (SSSR count). The Labute approximate surface area is 238 Å². The lowest BCUT2D eigenvalue weighted by molar-refractivity contribution is -0.137. The maximum absolute atomic E-state index is 14.9. The van der Waals surface area contributed by atoms with Crippen LogP contribution in [0.1, 0.15) is 15.9 Å². The predicted octanol–water partition coefficient (Wildman–Crippen LogP) is 4.93. The van der Waals surface area contributed by atoms with Crippen molar-refractivity contribution < 1.29 is 27.1 Å². The van der Waals surface area contributed by atoms with E-state index in [0.29, 0.717) is 43.4 Å². The van der Waals surface area contributed by atoms with Gasteiger partial charge in [0.25, 0.3) is 5.91 Å². The molecule has 0 aliphatic carbocycles. The van der Waals surface area contributed by atoms with E-state index in [1.165, 1.54) is 24.7 Å². The maximum atomic E-state index is 14.9. The zero-order chi connectivity index (χ0) is 29.9. The smallest absolute Gasteiger partial charge is 0.416 e. The number of nitrogens with zero attached hydrogens (tertiary/aromatic N) is 6. The summed E-state index contributed by atoms with van der Waals surface area (Å²) in [5.74, 6) is -1.10. The minimum atomic E-state index is -4.63. The molecule has 14 heteroatoms. The minimum absolute atomic E-state index is 0.0627. The van der Waals surface area contributed by atoms with Crippen LogP contribution in [0, 0.1) is 5.82 Å². The van der Waals surface area contributed by atoms with Crippen LogP contribution >= 0.6 is 0 Å². The Morgan fingerprint density at radius 3 is 2.52 bits per heavy atom. The fourth-order valence-electron chi connectivity index (χ4n) is 4.37. The van der Waals surface area contributed by atoms with E-state index in [2.05, 4.69) is 35.5 Å². The average molecular weight is 583 g/mol. The van der Waals surface area contributed by atoms with Gasteiger partial charge in [0.05, 0.1) is 28.1 Å². The maximum Gasteiger partial charge on any atom is 0.416 e. The largest absolute Gasteiger partial charge is 0.438 e. The van der Waals surface area contributed by atoms with Gasteiger partial charge < -0.3 is 25.2 Å². The van der Waals surface area contributed by atoms with Crippen molar-refractivity contribution in [1.82, 2.24) is 24.8 Å². The highest BCUT2D eigenvalue weighted by atomic mass is 19.4. The molecule has 0 saturated carbocycles. The fraction of sp³-hybridized carbons (Fsp3) is 0.250. The van der Waals surface area contributed by atoms with Gasteiger partial charge in [-0.25, -0.2) is 19.3 Å². The zero-order valence-electron chi connectivity index (χ0n) is 22.6. The second-order valence-corrected chi connectivity index (χ2v) is 9.46. The Kier molecular flexibility index (Phi) is 8.15. The molecular formula is C28H26F4N8O2. The van der Waals surface area contributed by atoms with E-state index >= 15 is 0 Å². The molecule has 2 N–H and O–H groups in total. The first-order valence-corrected chi connectivity index (χ1v) is 12.9.